The summed E-state index contributed by atoms with van der Waals surface area (Å²) in [5.74, 6) is 1.41. The normalized spacial score (nSPS) is 11.3. The molecule has 0 N–H and O–H groups in total. The van der Waals surface area contributed by atoms with Gasteiger partial charge >= 0.3 is 0 Å². The Balaban J connectivity index is 2.48. The van der Waals surface area contributed by atoms with Gasteiger partial charge in [-0.15, -0.1) is 0 Å². The van der Waals surface area contributed by atoms with Crippen molar-refractivity contribution in [3.05, 3.63) is 23.1 Å². The van der Waals surface area contributed by atoms with Crippen LogP contribution in [0.2, 0.25) is 0 Å². The van der Waals surface area contributed by atoms with Crippen LogP contribution in [0.15, 0.2) is 6.20 Å². The Morgan fingerprint density at radius 2 is 2.10 bits per heavy atom. The molecule has 108 valence electrons. The fourth-order valence-electron chi connectivity index (χ4n) is 2.25. The number of Topliss-reactive ketones (excluding diaryl/α,β-unsaturated/α-hetero) is 1. The quantitative estimate of drug-likeness (QED) is 0.840. The van der Waals surface area contributed by atoms with Crippen molar-refractivity contribution in [3.63, 3.8) is 0 Å². The Hall–Kier alpha value is -1.91. The number of hydrogen-bond donors (Lipinski definition) is 0. The average Bonchev–Trinajstić information content (AvgIpc) is 2.81. The summed E-state index contributed by atoms with van der Waals surface area (Å²) in [6.45, 7) is 7.89. The molecule has 0 unspecified atom stereocenters. The number of carbonyl (C=O) groups is 1. The second-order valence-electron chi connectivity index (χ2n) is 5.24. The SMILES string of the molecule is CCc1c(OC)nc2nc(CC(=O)C(C)C)cn2c1C. The molecule has 0 spiro atoms. The zero-order chi connectivity index (χ0) is 14.9. The summed E-state index contributed by atoms with van der Waals surface area (Å²) < 4.78 is 7.26. The van der Waals surface area contributed by atoms with Gasteiger partial charge in [0, 0.05) is 23.4 Å². The lowest BCUT2D eigenvalue weighted by Crippen LogP contribution is -2.10. The van der Waals surface area contributed by atoms with Crippen LogP contribution in [-0.2, 0) is 17.6 Å². The Morgan fingerprint density at radius 1 is 1.40 bits per heavy atom. The van der Waals surface area contributed by atoms with Gasteiger partial charge in [-0.1, -0.05) is 20.8 Å². The largest absolute Gasteiger partial charge is 0.481 e. The van der Waals surface area contributed by atoms with E-state index in [0.717, 1.165) is 23.4 Å². The van der Waals surface area contributed by atoms with Crippen LogP contribution in [0.4, 0.5) is 0 Å². The van der Waals surface area contributed by atoms with Crippen LogP contribution < -0.4 is 4.74 Å². The van der Waals surface area contributed by atoms with Gasteiger partial charge in [0.05, 0.1) is 19.2 Å². The van der Waals surface area contributed by atoms with Crippen LogP contribution in [0.1, 0.15) is 37.7 Å². The van der Waals surface area contributed by atoms with Crippen LogP contribution in [0, 0.1) is 12.8 Å². The highest BCUT2D eigenvalue weighted by molar-refractivity contribution is 5.82. The zero-order valence-electron chi connectivity index (χ0n) is 12.7. The van der Waals surface area contributed by atoms with Gasteiger partial charge in [-0.05, 0) is 13.3 Å². The number of hydrogen-bond acceptors (Lipinski definition) is 4. The number of imidazole rings is 1. The fraction of sp³-hybridized carbons (Fsp3) is 0.533. The predicted molar refractivity (Wildman–Crippen MR) is 77.2 cm³/mol. The summed E-state index contributed by atoms with van der Waals surface area (Å²) >= 11 is 0. The molecule has 2 rings (SSSR count). The van der Waals surface area contributed by atoms with E-state index in [0.29, 0.717) is 18.1 Å². The monoisotopic (exact) mass is 275 g/mol. The maximum Gasteiger partial charge on any atom is 0.237 e. The van der Waals surface area contributed by atoms with E-state index < -0.39 is 0 Å². The first kappa shape index (κ1) is 14.5. The van der Waals surface area contributed by atoms with Gasteiger partial charge in [0.1, 0.15) is 5.78 Å². The number of carbonyl (C=O) groups excluding carboxylic acids is 1. The second kappa shape index (κ2) is 5.61. The van der Waals surface area contributed by atoms with Crippen molar-refractivity contribution in [2.45, 2.75) is 40.5 Å². The molecule has 0 fully saturated rings. The number of fused-ring (bicyclic) bond motifs is 1. The Labute approximate surface area is 119 Å². The Morgan fingerprint density at radius 3 is 2.65 bits per heavy atom. The molecule has 0 saturated heterocycles. The molecular formula is C15H21N3O2. The average molecular weight is 275 g/mol. The first-order chi connectivity index (χ1) is 9.47. The third kappa shape index (κ3) is 2.53. The molecule has 0 atom stereocenters. The molecule has 0 aliphatic rings. The van der Waals surface area contributed by atoms with E-state index >= 15 is 0 Å². The van der Waals surface area contributed by atoms with Crippen LogP contribution in [-0.4, -0.2) is 27.3 Å². The highest BCUT2D eigenvalue weighted by Gasteiger charge is 2.16. The second-order valence-corrected chi connectivity index (χ2v) is 5.24. The Bertz CT molecular complexity index is 644. The van der Waals surface area contributed by atoms with Gasteiger partial charge in [-0.25, -0.2) is 4.98 Å². The van der Waals surface area contributed by atoms with Crippen molar-refractivity contribution in [1.82, 2.24) is 14.4 Å². The minimum absolute atomic E-state index is 0.0228. The standard InChI is InChI=1S/C15H21N3O2/c1-6-12-10(4)18-8-11(7-13(19)9(2)3)16-15(18)17-14(12)20-5/h8-9H,6-7H2,1-5H3. The molecule has 5 heteroatoms. The lowest BCUT2D eigenvalue weighted by atomic mass is 10.1. The van der Waals surface area contributed by atoms with E-state index in [2.05, 4.69) is 16.9 Å². The van der Waals surface area contributed by atoms with Crippen molar-refractivity contribution in [2.75, 3.05) is 7.11 Å². The molecule has 0 amide bonds. The van der Waals surface area contributed by atoms with Gasteiger partial charge in [-0.2, -0.15) is 4.98 Å². The van der Waals surface area contributed by atoms with Crippen LogP contribution >= 0.6 is 0 Å². The molecule has 0 aromatic carbocycles. The van der Waals surface area contributed by atoms with Crippen molar-refractivity contribution < 1.29 is 9.53 Å². The highest BCUT2D eigenvalue weighted by Crippen LogP contribution is 2.22. The summed E-state index contributed by atoms with van der Waals surface area (Å²) in [5, 5.41) is 0. The van der Waals surface area contributed by atoms with E-state index in [1.165, 1.54) is 0 Å². The third-order valence-electron chi connectivity index (χ3n) is 3.54. The maximum atomic E-state index is 11.8. The number of rotatable bonds is 5. The number of ketones is 1. The predicted octanol–water partition coefficient (Wildman–Crippen LogP) is 2.38. The summed E-state index contributed by atoms with van der Waals surface area (Å²) in [7, 11) is 1.61. The number of ether oxygens (including phenoxy) is 1. The van der Waals surface area contributed by atoms with E-state index in [1.807, 2.05) is 31.4 Å². The lowest BCUT2D eigenvalue weighted by Gasteiger charge is -2.10. The first-order valence-corrected chi connectivity index (χ1v) is 6.92. The van der Waals surface area contributed by atoms with Crippen molar-refractivity contribution >= 4 is 11.6 Å². The fourth-order valence-corrected chi connectivity index (χ4v) is 2.25. The summed E-state index contributed by atoms with van der Waals surface area (Å²) in [6.07, 6.45) is 3.09. The van der Waals surface area contributed by atoms with Gasteiger partial charge in [0.2, 0.25) is 11.7 Å². The van der Waals surface area contributed by atoms with Crippen molar-refractivity contribution in [3.8, 4) is 5.88 Å². The molecule has 0 bridgehead atoms. The van der Waals surface area contributed by atoms with Gasteiger partial charge in [-0.3, -0.25) is 9.20 Å². The van der Waals surface area contributed by atoms with Crippen LogP contribution in [0.3, 0.4) is 0 Å². The molecule has 2 aromatic rings. The number of nitrogens with zero attached hydrogens (tertiary/aromatic N) is 3. The molecule has 2 aromatic heterocycles. The van der Waals surface area contributed by atoms with E-state index in [-0.39, 0.29) is 11.7 Å². The molecule has 2 heterocycles. The molecule has 5 nitrogen and oxygen atoms in total. The van der Waals surface area contributed by atoms with Gasteiger partial charge < -0.3 is 4.74 Å². The summed E-state index contributed by atoms with van der Waals surface area (Å²) in [4.78, 5) is 20.7. The molecule has 20 heavy (non-hydrogen) atoms. The van der Waals surface area contributed by atoms with E-state index in [9.17, 15) is 4.79 Å². The summed E-state index contributed by atoms with van der Waals surface area (Å²) in [5.41, 5.74) is 2.89. The third-order valence-corrected chi connectivity index (χ3v) is 3.54. The number of aryl methyl sites for hydroxylation is 1. The minimum Gasteiger partial charge on any atom is -0.481 e. The molecular weight excluding hydrogens is 254 g/mol. The van der Waals surface area contributed by atoms with E-state index in [4.69, 9.17) is 4.74 Å². The smallest absolute Gasteiger partial charge is 0.237 e. The summed E-state index contributed by atoms with van der Waals surface area (Å²) in [6, 6.07) is 0. The van der Waals surface area contributed by atoms with Gasteiger partial charge in [0.15, 0.2) is 0 Å². The number of methoxy groups -OCH3 is 1. The molecule has 0 saturated carbocycles. The Kier molecular flexibility index (Phi) is 4.06. The zero-order valence-corrected chi connectivity index (χ0v) is 12.7. The van der Waals surface area contributed by atoms with Crippen molar-refractivity contribution in [1.29, 1.82) is 0 Å². The van der Waals surface area contributed by atoms with Gasteiger partial charge in [0.25, 0.3) is 0 Å². The van der Waals surface area contributed by atoms with Crippen LogP contribution in [0.5, 0.6) is 5.88 Å². The van der Waals surface area contributed by atoms with E-state index in [1.54, 1.807) is 7.11 Å². The molecule has 0 radical (unpaired) electrons. The first-order valence-electron chi connectivity index (χ1n) is 6.92. The lowest BCUT2D eigenvalue weighted by molar-refractivity contribution is -0.121. The molecule has 0 aliphatic heterocycles. The number of aromatic nitrogens is 3. The maximum absolute atomic E-state index is 11.8. The van der Waals surface area contributed by atoms with Crippen molar-refractivity contribution in [2.24, 2.45) is 5.92 Å². The van der Waals surface area contributed by atoms with Crippen LogP contribution in [0.25, 0.3) is 5.78 Å². The molecule has 0 aliphatic carbocycles. The highest BCUT2D eigenvalue weighted by atomic mass is 16.5. The topological polar surface area (TPSA) is 56.5 Å². The minimum atomic E-state index is 0.0228.